The standard InChI is InChI=1S/C12H24N2O/c1-12(2,3)13-7-11(8-13)14-6-4-5-10(14)9-15/h10-11,15H,4-9H2,1-3H3/t10-/m1/s1. The highest BCUT2D eigenvalue weighted by atomic mass is 16.3. The predicted molar refractivity (Wildman–Crippen MR) is 61.9 cm³/mol. The van der Waals surface area contributed by atoms with Gasteiger partial charge in [-0.15, -0.1) is 0 Å². The molecule has 0 aromatic heterocycles. The van der Waals surface area contributed by atoms with E-state index in [4.69, 9.17) is 0 Å². The lowest BCUT2D eigenvalue weighted by molar-refractivity contribution is -0.0336. The third kappa shape index (κ3) is 2.19. The summed E-state index contributed by atoms with van der Waals surface area (Å²) in [6, 6.07) is 1.14. The average molecular weight is 212 g/mol. The van der Waals surface area contributed by atoms with E-state index in [1.165, 1.54) is 32.5 Å². The molecule has 88 valence electrons. The first kappa shape index (κ1) is 11.4. The quantitative estimate of drug-likeness (QED) is 0.737. The summed E-state index contributed by atoms with van der Waals surface area (Å²) in [6.45, 7) is 10.7. The maximum Gasteiger partial charge on any atom is 0.0587 e. The Bertz CT molecular complexity index is 218. The molecule has 2 fully saturated rings. The largest absolute Gasteiger partial charge is 0.395 e. The minimum absolute atomic E-state index is 0.310. The average Bonchev–Trinajstić information content (AvgIpc) is 2.46. The van der Waals surface area contributed by atoms with Gasteiger partial charge in [0.05, 0.1) is 6.61 Å². The van der Waals surface area contributed by atoms with Crippen LogP contribution in [-0.2, 0) is 0 Å². The Hall–Kier alpha value is -0.120. The minimum atomic E-state index is 0.310. The molecule has 1 N–H and O–H groups in total. The second kappa shape index (κ2) is 4.04. The van der Waals surface area contributed by atoms with Gasteiger partial charge in [-0.3, -0.25) is 9.80 Å². The van der Waals surface area contributed by atoms with Gasteiger partial charge >= 0.3 is 0 Å². The summed E-state index contributed by atoms with van der Waals surface area (Å²) in [5.74, 6) is 0. The third-order valence-corrected chi connectivity index (χ3v) is 3.91. The Labute approximate surface area is 93.1 Å². The molecule has 0 aromatic carbocycles. The van der Waals surface area contributed by atoms with Crippen LogP contribution in [0.15, 0.2) is 0 Å². The second-order valence-corrected chi connectivity index (χ2v) is 5.95. The molecule has 1 atom stereocenters. The van der Waals surface area contributed by atoms with E-state index in [0.717, 1.165) is 0 Å². The van der Waals surface area contributed by atoms with Crippen molar-refractivity contribution >= 4 is 0 Å². The first-order valence-electron chi connectivity index (χ1n) is 6.14. The zero-order valence-corrected chi connectivity index (χ0v) is 10.2. The smallest absolute Gasteiger partial charge is 0.0587 e. The molecule has 2 rings (SSSR count). The molecule has 0 radical (unpaired) electrons. The fourth-order valence-corrected chi connectivity index (χ4v) is 2.75. The Balaban J connectivity index is 1.84. The molecule has 15 heavy (non-hydrogen) atoms. The van der Waals surface area contributed by atoms with Crippen LogP contribution in [0.5, 0.6) is 0 Å². The van der Waals surface area contributed by atoms with Crippen LogP contribution in [0.1, 0.15) is 33.6 Å². The van der Waals surface area contributed by atoms with Gasteiger partial charge in [0.2, 0.25) is 0 Å². The minimum Gasteiger partial charge on any atom is -0.395 e. The molecule has 0 bridgehead atoms. The highest BCUT2D eigenvalue weighted by Crippen LogP contribution is 2.29. The zero-order valence-electron chi connectivity index (χ0n) is 10.2. The molecule has 2 heterocycles. The highest BCUT2D eigenvalue weighted by Gasteiger charge is 2.40. The lowest BCUT2D eigenvalue weighted by atomic mass is 9.96. The zero-order chi connectivity index (χ0) is 11.1. The Morgan fingerprint density at radius 2 is 1.93 bits per heavy atom. The number of nitrogens with zero attached hydrogens (tertiary/aromatic N) is 2. The van der Waals surface area contributed by atoms with Gasteiger partial charge < -0.3 is 5.11 Å². The second-order valence-electron chi connectivity index (χ2n) is 5.95. The molecule has 0 saturated carbocycles. The maximum absolute atomic E-state index is 9.28. The molecule has 0 spiro atoms. The number of aliphatic hydroxyl groups excluding tert-OH is 1. The van der Waals surface area contributed by atoms with E-state index < -0.39 is 0 Å². The van der Waals surface area contributed by atoms with Crippen LogP contribution in [0.25, 0.3) is 0 Å². The number of aliphatic hydroxyl groups is 1. The Kier molecular flexibility index (Phi) is 3.06. The van der Waals surface area contributed by atoms with Crippen molar-refractivity contribution < 1.29 is 5.11 Å². The van der Waals surface area contributed by atoms with E-state index in [1.807, 2.05) is 0 Å². The van der Waals surface area contributed by atoms with Crippen LogP contribution in [-0.4, -0.2) is 58.8 Å². The van der Waals surface area contributed by atoms with E-state index in [2.05, 4.69) is 30.6 Å². The van der Waals surface area contributed by atoms with E-state index in [-0.39, 0.29) is 0 Å². The van der Waals surface area contributed by atoms with Gasteiger partial charge in [-0.1, -0.05) is 0 Å². The molecule has 0 aromatic rings. The van der Waals surface area contributed by atoms with Crippen molar-refractivity contribution in [2.45, 2.75) is 51.2 Å². The van der Waals surface area contributed by atoms with Gasteiger partial charge in [0, 0.05) is 30.7 Å². The van der Waals surface area contributed by atoms with Gasteiger partial charge in [-0.05, 0) is 40.2 Å². The Morgan fingerprint density at radius 3 is 2.47 bits per heavy atom. The van der Waals surface area contributed by atoms with E-state index in [1.54, 1.807) is 0 Å². The molecule has 2 aliphatic heterocycles. The number of rotatable bonds is 2. The van der Waals surface area contributed by atoms with Crippen LogP contribution in [0.4, 0.5) is 0 Å². The first-order valence-corrected chi connectivity index (χ1v) is 6.14. The van der Waals surface area contributed by atoms with Crippen molar-refractivity contribution in [1.29, 1.82) is 0 Å². The fourth-order valence-electron chi connectivity index (χ4n) is 2.75. The molecule has 2 saturated heterocycles. The van der Waals surface area contributed by atoms with Crippen molar-refractivity contribution in [2.75, 3.05) is 26.2 Å². The summed E-state index contributed by atoms with van der Waals surface area (Å²) in [5.41, 5.74) is 0.310. The first-order chi connectivity index (χ1) is 7.02. The van der Waals surface area contributed by atoms with Crippen LogP contribution in [0.2, 0.25) is 0 Å². The maximum atomic E-state index is 9.28. The van der Waals surface area contributed by atoms with Crippen molar-refractivity contribution in [3.63, 3.8) is 0 Å². The summed E-state index contributed by atoms with van der Waals surface area (Å²) < 4.78 is 0. The summed E-state index contributed by atoms with van der Waals surface area (Å²) in [5, 5.41) is 9.28. The van der Waals surface area contributed by atoms with Crippen molar-refractivity contribution in [3.05, 3.63) is 0 Å². The highest BCUT2D eigenvalue weighted by molar-refractivity contribution is 4.97. The molecular formula is C12H24N2O. The molecule has 0 aliphatic carbocycles. The van der Waals surface area contributed by atoms with Gasteiger partial charge in [0.1, 0.15) is 0 Å². The van der Waals surface area contributed by atoms with Crippen LogP contribution in [0, 0.1) is 0 Å². The summed E-state index contributed by atoms with van der Waals surface area (Å²) in [7, 11) is 0. The molecule has 3 nitrogen and oxygen atoms in total. The van der Waals surface area contributed by atoms with Crippen molar-refractivity contribution in [3.8, 4) is 0 Å². The SMILES string of the molecule is CC(C)(C)N1CC(N2CCC[C@@H]2CO)C1. The van der Waals surface area contributed by atoms with E-state index in [9.17, 15) is 5.11 Å². The monoisotopic (exact) mass is 212 g/mol. The summed E-state index contributed by atoms with van der Waals surface area (Å²) >= 11 is 0. The van der Waals surface area contributed by atoms with Crippen LogP contribution >= 0.6 is 0 Å². The predicted octanol–water partition coefficient (Wildman–Crippen LogP) is 0.926. The number of hydrogen-bond acceptors (Lipinski definition) is 3. The third-order valence-electron chi connectivity index (χ3n) is 3.91. The lowest BCUT2D eigenvalue weighted by Gasteiger charge is -2.51. The Morgan fingerprint density at radius 1 is 1.27 bits per heavy atom. The van der Waals surface area contributed by atoms with Gasteiger partial charge in [-0.2, -0.15) is 0 Å². The number of likely N-dealkylation sites (tertiary alicyclic amines) is 2. The topological polar surface area (TPSA) is 26.7 Å². The van der Waals surface area contributed by atoms with Crippen LogP contribution in [0.3, 0.4) is 0 Å². The fraction of sp³-hybridized carbons (Fsp3) is 1.00. The molecular weight excluding hydrogens is 188 g/mol. The normalized spacial score (nSPS) is 30.8. The lowest BCUT2D eigenvalue weighted by Crippen LogP contribution is -2.65. The van der Waals surface area contributed by atoms with E-state index >= 15 is 0 Å². The molecule has 0 unspecified atom stereocenters. The molecule has 2 aliphatic rings. The summed E-state index contributed by atoms with van der Waals surface area (Å²) in [6.07, 6.45) is 2.44. The van der Waals surface area contributed by atoms with Gasteiger partial charge in [-0.25, -0.2) is 0 Å². The van der Waals surface area contributed by atoms with E-state index in [0.29, 0.717) is 24.2 Å². The van der Waals surface area contributed by atoms with Crippen molar-refractivity contribution in [2.24, 2.45) is 0 Å². The van der Waals surface area contributed by atoms with Gasteiger partial charge in [0.15, 0.2) is 0 Å². The van der Waals surface area contributed by atoms with Crippen molar-refractivity contribution in [1.82, 2.24) is 9.80 Å². The van der Waals surface area contributed by atoms with Crippen LogP contribution < -0.4 is 0 Å². The van der Waals surface area contributed by atoms with Gasteiger partial charge in [0.25, 0.3) is 0 Å². The molecule has 0 amide bonds. The number of hydrogen-bond donors (Lipinski definition) is 1. The molecule has 3 heteroatoms. The summed E-state index contributed by atoms with van der Waals surface area (Å²) in [4.78, 5) is 5.03.